The van der Waals surface area contributed by atoms with Crippen LogP contribution in [0.2, 0.25) is 0 Å². The van der Waals surface area contributed by atoms with Crippen LogP contribution in [0.3, 0.4) is 0 Å². The van der Waals surface area contributed by atoms with Gasteiger partial charge in [-0.15, -0.1) is 11.3 Å². The van der Waals surface area contributed by atoms with Crippen molar-refractivity contribution in [2.45, 2.75) is 43.2 Å². The number of hydrogen-bond acceptors (Lipinski definition) is 7. The van der Waals surface area contributed by atoms with Crippen LogP contribution < -0.4 is 10.0 Å². The van der Waals surface area contributed by atoms with Gasteiger partial charge in [0.2, 0.25) is 5.95 Å². The summed E-state index contributed by atoms with van der Waals surface area (Å²) in [6.45, 7) is 5.59. The third-order valence-corrected chi connectivity index (χ3v) is 9.36. The van der Waals surface area contributed by atoms with E-state index in [1.54, 1.807) is 6.07 Å². The molecule has 39 heavy (non-hydrogen) atoms. The standard InChI is InChI=1S/C22H24BrFN4O2S2.C2HF3O2/c1-15-12-21(32(29,30)27-20-9-5-8-19(24)26-20)31-22(15)25-13-17-16(6-4-7-18(17)23)14-28-10-2-3-11-28;3-2(4,5)1(6)7/h4-9,12,25H,2-3,10-11,13-14H2,1H3,(H,26,27);(H,6,7). The summed E-state index contributed by atoms with van der Waals surface area (Å²) in [4.78, 5) is 14.9. The average Bonchev–Trinajstić information content (AvgIpc) is 3.48. The first-order valence-corrected chi connectivity index (χ1v) is 14.6. The molecule has 0 saturated carbocycles. The Labute approximate surface area is 235 Å². The van der Waals surface area contributed by atoms with Crippen molar-refractivity contribution in [3.8, 4) is 0 Å². The third kappa shape index (κ3) is 8.88. The van der Waals surface area contributed by atoms with Crippen LogP contribution in [0.4, 0.5) is 28.4 Å². The second kappa shape index (κ2) is 13.1. The number of benzene rings is 1. The Morgan fingerprint density at radius 2 is 1.82 bits per heavy atom. The van der Waals surface area contributed by atoms with Crippen molar-refractivity contribution in [2.24, 2.45) is 0 Å². The van der Waals surface area contributed by atoms with E-state index in [4.69, 9.17) is 9.90 Å². The minimum absolute atomic E-state index is 0.0506. The summed E-state index contributed by atoms with van der Waals surface area (Å²) in [7, 11) is -3.86. The lowest BCUT2D eigenvalue weighted by molar-refractivity contribution is -0.192. The number of halogens is 5. The molecule has 2 aromatic heterocycles. The van der Waals surface area contributed by atoms with Gasteiger partial charge in [-0.3, -0.25) is 9.62 Å². The molecular weight excluding hydrogens is 628 g/mol. The smallest absolute Gasteiger partial charge is 0.475 e. The topological polar surface area (TPSA) is 112 Å². The van der Waals surface area contributed by atoms with Gasteiger partial charge in [-0.2, -0.15) is 17.6 Å². The summed E-state index contributed by atoms with van der Waals surface area (Å²) in [5, 5.41) is 11.3. The number of nitrogens with one attached hydrogen (secondary N) is 2. The number of carboxylic acids is 1. The number of alkyl halides is 3. The number of rotatable bonds is 8. The maximum Gasteiger partial charge on any atom is 0.490 e. The molecule has 3 N–H and O–H groups in total. The normalized spacial score (nSPS) is 14.0. The number of pyridine rings is 1. The van der Waals surface area contributed by atoms with E-state index in [0.717, 1.165) is 52.1 Å². The molecule has 212 valence electrons. The number of sulfonamides is 1. The highest BCUT2D eigenvalue weighted by Crippen LogP contribution is 2.33. The van der Waals surface area contributed by atoms with Crippen molar-refractivity contribution in [1.82, 2.24) is 9.88 Å². The van der Waals surface area contributed by atoms with Gasteiger partial charge in [0.15, 0.2) is 0 Å². The zero-order valence-electron chi connectivity index (χ0n) is 20.6. The quantitative estimate of drug-likeness (QED) is 0.202. The SMILES string of the molecule is Cc1cc(S(=O)(=O)Nc2cccc(F)n2)sc1NCc1c(Br)cccc1CN1CCCC1.O=C(O)C(F)(F)F. The summed E-state index contributed by atoms with van der Waals surface area (Å²) < 4.78 is 74.1. The van der Waals surface area contributed by atoms with Gasteiger partial charge in [0.25, 0.3) is 10.0 Å². The predicted octanol–water partition coefficient (Wildman–Crippen LogP) is 6.00. The number of hydrogen-bond donors (Lipinski definition) is 3. The molecule has 0 spiro atoms. The molecule has 0 aliphatic carbocycles. The Balaban J connectivity index is 0.000000532. The molecule has 0 amide bonds. The van der Waals surface area contributed by atoms with Crippen LogP contribution in [0.1, 0.15) is 29.5 Å². The molecule has 3 aromatic rings. The summed E-state index contributed by atoms with van der Waals surface area (Å²) in [6.07, 6.45) is -2.60. The summed E-state index contributed by atoms with van der Waals surface area (Å²) in [5.41, 5.74) is 3.25. The Kier molecular flexibility index (Phi) is 10.3. The number of carboxylic acid groups (broad SMARTS) is 1. The van der Waals surface area contributed by atoms with Crippen molar-refractivity contribution in [2.75, 3.05) is 23.1 Å². The van der Waals surface area contributed by atoms with E-state index >= 15 is 0 Å². The fourth-order valence-corrected chi connectivity index (χ4v) is 6.70. The minimum Gasteiger partial charge on any atom is -0.475 e. The Bertz CT molecular complexity index is 1410. The number of anilines is 2. The molecule has 1 aromatic carbocycles. The molecule has 4 rings (SSSR count). The second-order valence-corrected chi connectivity index (χ2v) is 12.4. The molecule has 1 aliphatic heterocycles. The largest absolute Gasteiger partial charge is 0.490 e. The molecule has 0 atom stereocenters. The number of thiophene rings is 1. The van der Waals surface area contributed by atoms with E-state index < -0.39 is 28.1 Å². The van der Waals surface area contributed by atoms with Crippen molar-refractivity contribution < 1.29 is 35.9 Å². The maximum atomic E-state index is 13.3. The number of aryl methyl sites for hydroxylation is 1. The molecular formula is C24H25BrF4N4O4S2. The fourth-order valence-electron chi connectivity index (χ4n) is 3.71. The fraction of sp³-hybridized carbons (Fsp3) is 0.333. The van der Waals surface area contributed by atoms with Gasteiger partial charge >= 0.3 is 12.1 Å². The van der Waals surface area contributed by atoms with Gasteiger partial charge in [0, 0.05) is 17.6 Å². The Morgan fingerprint density at radius 3 is 2.44 bits per heavy atom. The first-order chi connectivity index (χ1) is 18.3. The molecule has 3 heterocycles. The molecule has 1 fully saturated rings. The van der Waals surface area contributed by atoms with E-state index in [1.165, 1.54) is 36.1 Å². The van der Waals surface area contributed by atoms with Crippen molar-refractivity contribution in [3.05, 3.63) is 69.6 Å². The lowest BCUT2D eigenvalue weighted by Crippen LogP contribution is -2.21. The number of likely N-dealkylation sites (tertiary alicyclic amines) is 1. The zero-order chi connectivity index (χ0) is 28.8. The average molecular weight is 654 g/mol. The number of aliphatic carboxylic acids is 1. The van der Waals surface area contributed by atoms with Gasteiger partial charge in [-0.1, -0.05) is 34.1 Å². The van der Waals surface area contributed by atoms with Gasteiger partial charge in [0.1, 0.15) is 10.0 Å². The zero-order valence-corrected chi connectivity index (χ0v) is 23.8. The van der Waals surface area contributed by atoms with Gasteiger partial charge in [-0.25, -0.2) is 18.2 Å². The second-order valence-electron chi connectivity index (χ2n) is 8.55. The highest BCUT2D eigenvalue weighted by molar-refractivity contribution is 9.10. The predicted molar refractivity (Wildman–Crippen MR) is 144 cm³/mol. The van der Waals surface area contributed by atoms with Crippen LogP contribution in [-0.2, 0) is 27.9 Å². The first-order valence-electron chi connectivity index (χ1n) is 11.5. The lowest BCUT2D eigenvalue weighted by atomic mass is 10.1. The van der Waals surface area contributed by atoms with E-state index in [1.807, 2.05) is 19.1 Å². The van der Waals surface area contributed by atoms with Crippen molar-refractivity contribution in [3.63, 3.8) is 0 Å². The number of carbonyl (C=O) groups is 1. The van der Waals surface area contributed by atoms with Gasteiger partial charge in [0.05, 0.1) is 5.00 Å². The van der Waals surface area contributed by atoms with Crippen LogP contribution in [-0.4, -0.2) is 48.6 Å². The van der Waals surface area contributed by atoms with Gasteiger partial charge in [-0.05, 0) is 73.8 Å². The van der Waals surface area contributed by atoms with Crippen LogP contribution >= 0.6 is 27.3 Å². The van der Waals surface area contributed by atoms with Crippen LogP contribution in [0, 0.1) is 12.9 Å². The first kappa shape index (κ1) is 30.8. The van der Waals surface area contributed by atoms with Crippen LogP contribution in [0.15, 0.2) is 51.1 Å². The molecule has 0 radical (unpaired) electrons. The summed E-state index contributed by atoms with van der Waals surface area (Å²) in [5.74, 6) is -3.55. The van der Waals surface area contributed by atoms with E-state index in [-0.39, 0.29) is 10.0 Å². The number of aromatic nitrogens is 1. The van der Waals surface area contributed by atoms with Crippen molar-refractivity contribution >= 4 is 54.1 Å². The Morgan fingerprint density at radius 1 is 1.18 bits per heavy atom. The molecule has 0 bridgehead atoms. The Hall–Kier alpha value is -2.75. The van der Waals surface area contributed by atoms with Crippen LogP contribution in [0.25, 0.3) is 0 Å². The summed E-state index contributed by atoms with van der Waals surface area (Å²) >= 11 is 4.81. The van der Waals surface area contributed by atoms with E-state index in [9.17, 15) is 26.0 Å². The molecule has 8 nitrogen and oxygen atoms in total. The highest BCUT2D eigenvalue weighted by Gasteiger charge is 2.38. The monoisotopic (exact) mass is 652 g/mol. The van der Waals surface area contributed by atoms with Crippen LogP contribution in [0.5, 0.6) is 0 Å². The van der Waals surface area contributed by atoms with E-state index in [2.05, 4.69) is 41.9 Å². The molecule has 15 heteroatoms. The number of nitrogens with zero attached hydrogens (tertiary/aromatic N) is 2. The van der Waals surface area contributed by atoms with Gasteiger partial charge < -0.3 is 10.4 Å². The summed E-state index contributed by atoms with van der Waals surface area (Å²) in [6, 6.07) is 11.8. The van der Waals surface area contributed by atoms with Crippen molar-refractivity contribution in [1.29, 1.82) is 0 Å². The molecule has 1 aliphatic rings. The third-order valence-electron chi connectivity index (χ3n) is 5.59. The molecule has 1 saturated heterocycles. The minimum atomic E-state index is -5.08. The highest BCUT2D eigenvalue weighted by atomic mass is 79.9. The lowest BCUT2D eigenvalue weighted by Gasteiger charge is -2.19. The van der Waals surface area contributed by atoms with E-state index in [0.29, 0.717) is 6.54 Å². The molecule has 0 unspecified atom stereocenters. The maximum absolute atomic E-state index is 13.3.